The molecule has 1 unspecified atom stereocenters. The van der Waals surface area contributed by atoms with Gasteiger partial charge in [-0.3, -0.25) is 0 Å². The minimum absolute atomic E-state index is 0. The zero-order valence-electron chi connectivity index (χ0n) is 2.73. The van der Waals surface area contributed by atoms with Crippen molar-refractivity contribution in [3.63, 3.8) is 0 Å². The van der Waals surface area contributed by atoms with E-state index < -0.39 is 0 Å². The molecule has 0 aromatic rings. The molecule has 0 bridgehead atoms. The molecule has 0 fully saturated rings. The SMILES string of the molecule is O=[Si+2].P.[O-2].[Zn+2]. The van der Waals surface area contributed by atoms with Gasteiger partial charge < -0.3 is 5.48 Å². The van der Waals surface area contributed by atoms with Crippen molar-refractivity contribution in [2.45, 2.75) is 0 Å². The van der Waals surface area contributed by atoms with Crippen molar-refractivity contribution < 1.29 is 29.4 Å². The van der Waals surface area contributed by atoms with Crippen molar-refractivity contribution in [2.75, 3.05) is 0 Å². The van der Waals surface area contributed by atoms with Crippen molar-refractivity contribution in [3.05, 3.63) is 0 Å². The van der Waals surface area contributed by atoms with E-state index in [1.54, 1.807) is 10.1 Å². The van der Waals surface area contributed by atoms with E-state index in [0.717, 1.165) is 0 Å². The average Bonchev–Trinajstić information content (AvgIpc) is 1.00. The van der Waals surface area contributed by atoms with Crippen LogP contribution in [0.2, 0.25) is 0 Å². The minimum Gasteiger partial charge on any atom is -2.00 e. The Morgan fingerprint density at radius 1 is 1.20 bits per heavy atom. The summed E-state index contributed by atoms with van der Waals surface area (Å²) >= 11 is 0. The van der Waals surface area contributed by atoms with Crippen molar-refractivity contribution in [1.29, 1.82) is 0 Å². The third-order valence-corrected chi connectivity index (χ3v) is 0. The summed E-state index contributed by atoms with van der Waals surface area (Å²) in [6, 6.07) is 0. The van der Waals surface area contributed by atoms with E-state index in [2.05, 4.69) is 0 Å². The maximum absolute atomic E-state index is 8.06. The first-order chi connectivity index (χ1) is 1.00. The van der Waals surface area contributed by atoms with Crippen molar-refractivity contribution in [3.8, 4) is 0 Å². The molecule has 0 saturated heterocycles. The van der Waals surface area contributed by atoms with Crippen LogP contribution in [0.3, 0.4) is 0 Å². The Morgan fingerprint density at radius 3 is 1.20 bits per heavy atom. The summed E-state index contributed by atoms with van der Waals surface area (Å²) in [5.74, 6) is 0. The molecule has 0 aromatic heterocycles. The summed E-state index contributed by atoms with van der Waals surface area (Å²) in [5, 5.41) is 0. The quantitative estimate of drug-likeness (QED) is 0.345. The zero-order valence-corrected chi connectivity index (χ0v) is 8.11. The predicted octanol–water partition coefficient (Wildman–Crippen LogP) is -0.563. The number of rotatable bonds is 0. The van der Waals surface area contributed by atoms with Crippen LogP contribution in [-0.4, -0.2) is 10.1 Å². The fraction of sp³-hybridized carbons (Fsp3) is 0. The van der Waals surface area contributed by atoms with Crippen molar-refractivity contribution in [1.82, 2.24) is 0 Å². The Hall–Kier alpha value is 1.03. The van der Waals surface area contributed by atoms with Gasteiger partial charge in [-0.2, -0.15) is 9.90 Å². The van der Waals surface area contributed by atoms with Gasteiger partial charge in [0.05, 0.1) is 0 Å². The number of hydrogen-bond donors (Lipinski definition) is 0. The Bertz CT molecular complexity index is 9.61. The first-order valence-corrected chi connectivity index (χ1v) is 0.612. The molecule has 2 nitrogen and oxygen atoms in total. The molecule has 0 N–H and O–H groups in total. The van der Waals surface area contributed by atoms with Gasteiger partial charge in [0.15, 0.2) is 0 Å². The van der Waals surface area contributed by atoms with Crippen LogP contribution in [0.1, 0.15) is 0 Å². The number of hydrogen-bond acceptors (Lipinski definition) is 1. The molecule has 0 aliphatic rings. The fourth-order valence-corrected chi connectivity index (χ4v) is 0. The molecule has 0 spiro atoms. The van der Waals surface area contributed by atoms with Crippen LogP contribution in [-0.2, 0) is 29.4 Å². The fourth-order valence-electron chi connectivity index (χ4n) is 0. The first-order valence-electron chi connectivity index (χ1n) is 0.204. The normalized spacial score (nSPS) is 1.20. The third-order valence-electron chi connectivity index (χ3n) is 0. The maximum atomic E-state index is 8.06. The van der Waals surface area contributed by atoms with Gasteiger partial charge in [-0.05, 0) is 0 Å². The van der Waals surface area contributed by atoms with Crippen LogP contribution >= 0.6 is 9.90 Å². The topological polar surface area (TPSA) is 45.6 Å². The Morgan fingerprint density at radius 2 is 1.20 bits per heavy atom. The standard InChI is InChI=1S/OSi.O.H3P.Zn/c1-2;;;/h;;1H3;/q+2;-2;;+2. The molecule has 5 heavy (non-hydrogen) atoms. The van der Waals surface area contributed by atoms with Gasteiger partial charge in [0.2, 0.25) is 0 Å². The maximum Gasteiger partial charge on any atom is 2.00 e. The van der Waals surface area contributed by atoms with Crippen LogP contribution in [0.15, 0.2) is 0 Å². The Labute approximate surface area is 49.9 Å². The van der Waals surface area contributed by atoms with E-state index >= 15 is 0 Å². The summed E-state index contributed by atoms with van der Waals surface area (Å²) in [6.45, 7) is 0. The van der Waals surface area contributed by atoms with E-state index in [1.165, 1.54) is 0 Å². The van der Waals surface area contributed by atoms with E-state index in [-0.39, 0.29) is 34.9 Å². The zero-order chi connectivity index (χ0) is 2.00. The second-order valence-electron chi connectivity index (χ2n) is 0. The molecule has 0 heterocycles. The van der Waals surface area contributed by atoms with E-state index in [1.807, 2.05) is 0 Å². The van der Waals surface area contributed by atoms with Crippen molar-refractivity contribution in [2.24, 2.45) is 0 Å². The van der Waals surface area contributed by atoms with Crippen LogP contribution in [0.5, 0.6) is 0 Å². The van der Waals surface area contributed by atoms with E-state index in [4.69, 9.17) is 4.46 Å². The Balaban J connectivity index is -0.00000000167. The Kier molecular flexibility index (Phi) is 570. The molecule has 0 aromatic carbocycles. The second-order valence-corrected chi connectivity index (χ2v) is 0. The van der Waals surface area contributed by atoms with Gasteiger partial charge in [-0.15, -0.1) is 0 Å². The first kappa shape index (κ1) is 37.0. The van der Waals surface area contributed by atoms with Crippen LogP contribution in [0.25, 0.3) is 0 Å². The van der Waals surface area contributed by atoms with Crippen molar-refractivity contribution >= 4 is 20.0 Å². The molecule has 0 radical (unpaired) electrons. The summed E-state index contributed by atoms with van der Waals surface area (Å²) in [5.41, 5.74) is 0. The van der Waals surface area contributed by atoms with E-state index in [0.29, 0.717) is 0 Å². The smallest absolute Gasteiger partial charge is 2.00 e. The molecule has 0 aliphatic heterocycles. The van der Waals surface area contributed by atoms with Gasteiger partial charge >= 0.3 is 34.1 Å². The largest absolute Gasteiger partial charge is 2.00 e. The molecule has 0 amide bonds. The summed E-state index contributed by atoms with van der Waals surface area (Å²) in [4.78, 5) is 0. The van der Waals surface area contributed by atoms with Crippen LogP contribution in [0, 0.1) is 0 Å². The van der Waals surface area contributed by atoms with Gasteiger partial charge in [-0.1, -0.05) is 0 Å². The minimum atomic E-state index is 0. The molecule has 0 rings (SSSR count). The molecule has 5 heteroatoms. The van der Waals surface area contributed by atoms with Crippen LogP contribution in [0.4, 0.5) is 0 Å². The summed E-state index contributed by atoms with van der Waals surface area (Å²) in [6.07, 6.45) is 0. The molecule has 1 atom stereocenters. The average molecular weight is 159 g/mol. The van der Waals surface area contributed by atoms with E-state index in [9.17, 15) is 0 Å². The van der Waals surface area contributed by atoms with Gasteiger partial charge in [0.25, 0.3) is 0 Å². The summed E-state index contributed by atoms with van der Waals surface area (Å²) in [7, 11) is 1.72. The van der Waals surface area contributed by atoms with Gasteiger partial charge in [0.1, 0.15) is 0 Å². The molecule has 0 aliphatic carbocycles. The van der Waals surface area contributed by atoms with Gasteiger partial charge in [-0.25, -0.2) is 0 Å². The predicted molar refractivity (Wildman–Crippen MR) is 18.2 cm³/mol. The third kappa shape index (κ3) is 43.5. The van der Waals surface area contributed by atoms with Gasteiger partial charge in [0, 0.05) is 0 Å². The summed E-state index contributed by atoms with van der Waals surface area (Å²) < 4.78 is 8.06. The second kappa shape index (κ2) is 77.0. The molecular formula is H3O2PSiZn+2. The monoisotopic (exact) mass is 158 g/mol. The molecule has 0 saturated carbocycles. The molecule has 24 valence electrons. The van der Waals surface area contributed by atoms with Crippen LogP contribution < -0.4 is 0 Å². The molecular weight excluding hydrogens is 156 g/mol.